The van der Waals surface area contributed by atoms with E-state index in [-0.39, 0.29) is 35.0 Å². The second-order valence-electron chi connectivity index (χ2n) is 9.47. The summed E-state index contributed by atoms with van der Waals surface area (Å²) in [5, 5.41) is 12.2. The lowest BCUT2D eigenvalue weighted by Crippen LogP contribution is -2.46. The van der Waals surface area contributed by atoms with Crippen molar-refractivity contribution in [2.24, 2.45) is 17.3 Å². The number of hydrogen-bond acceptors (Lipinski definition) is 3. The van der Waals surface area contributed by atoms with Gasteiger partial charge in [-0.2, -0.15) is 0 Å². The summed E-state index contributed by atoms with van der Waals surface area (Å²) >= 11 is 6.02. The molecule has 2 aliphatic heterocycles. The van der Waals surface area contributed by atoms with E-state index in [0.29, 0.717) is 50.6 Å². The van der Waals surface area contributed by atoms with Gasteiger partial charge in [-0.1, -0.05) is 30.7 Å². The molecule has 2 N–H and O–H groups in total. The van der Waals surface area contributed by atoms with E-state index < -0.39 is 6.09 Å². The van der Waals surface area contributed by atoms with Crippen LogP contribution >= 0.6 is 11.6 Å². The first-order valence-corrected chi connectivity index (χ1v) is 11.4. The molecule has 1 aromatic rings. The zero-order valence-electron chi connectivity index (χ0n) is 17.8. The van der Waals surface area contributed by atoms with E-state index in [1.165, 1.54) is 0 Å². The van der Waals surface area contributed by atoms with Crippen LogP contribution in [-0.2, 0) is 9.59 Å². The number of nitrogens with one attached hydrogen (secondary N) is 1. The number of likely N-dealkylation sites (tertiary alicyclic amines) is 2. The lowest BCUT2D eigenvalue weighted by molar-refractivity contribution is -0.142. The Hall–Kier alpha value is -2.28. The van der Waals surface area contributed by atoms with Crippen LogP contribution in [0.3, 0.4) is 0 Å². The third kappa shape index (κ3) is 4.81. The van der Waals surface area contributed by atoms with E-state index >= 15 is 0 Å². The number of halogens is 1. The van der Waals surface area contributed by atoms with Crippen LogP contribution in [0, 0.1) is 17.3 Å². The number of hydrogen-bond donors (Lipinski definition) is 2. The minimum absolute atomic E-state index is 0.0118. The highest BCUT2D eigenvalue weighted by atomic mass is 35.5. The Morgan fingerprint density at radius 3 is 2.32 bits per heavy atom. The molecule has 0 bridgehead atoms. The SMILES string of the molecule is CC1(C(=O)N2CCC(C(=O)N3C[C@@H](CNC(=O)O)[C@@H](c4ccc(Cl)cc4)C3)CC2)CC1. The van der Waals surface area contributed by atoms with Gasteiger partial charge in [0.1, 0.15) is 0 Å². The van der Waals surface area contributed by atoms with E-state index in [1.807, 2.05) is 41.0 Å². The molecule has 8 heteroatoms. The molecule has 7 nitrogen and oxygen atoms in total. The van der Waals surface area contributed by atoms with Gasteiger partial charge in [0, 0.05) is 60.9 Å². The molecule has 1 saturated carbocycles. The number of amides is 3. The molecule has 4 rings (SSSR count). The fourth-order valence-electron chi connectivity index (χ4n) is 4.93. The smallest absolute Gasteiger partial charge is 0.404 e. The summed E-state index contributed by atoms with van der Waals surface area (Å²) in [7, 11) is 0. The number of piperidine rings is 1. The predicted molar refractivity (Wildman–Crippen MR) is 117 cm³/mol. The van der Waals surface area contributed by atoms with Crippen molar-refractivity contribution in [2.75, 3.05) is 32.7 Å². The zero-order chi connectivity index (χ0) is 22.2. The molecule has 31 heavy (non-hydrogen) atoms. The molecular formula is C23H30ClN3O4. The standard InChI is InChI=1S/C23H30ClN3O4/c1-23(8-9-23)21(29)26-10-6-16(7-11-26)20(28)27-13-17(12-25-22(30)31)19(14-27)15-2-4-18(24)5-3-15/h2-5,16-17,19,25H,6-14H2,1H3,(H,30,31)/t17-,19-/m1/s1. The molecule has 1 aromatic carbocycles. The summed E-state index contributed by atoms with van der Waals surface area (Å²) in [5.41, 5.74) is 0.900. The van der Waals surface area contributed by atoms with Gasteiger partial charge in [0.2, 0.25) is 11.8 Å². The highest BCUT2D eigenvalue weighted by Crippen LogP contribution is 2.47. The molecule has 0 radical (unpaired) electrons. The summed E-state index contributed by atoms with van der Waals surface area (Å²) in [4.78, 5) is 40.7. The molecule has 2 heterocycles. The molecule has 1 aliphatic carbocycles. The van der Waals surface area contributed by atoms with Crippen molar-refractivity contribution in [3.63, 3.8) is 0 Å². The van der Waals surface area contributed by atoms with Crippen LogP contribution in [0.25, 0.3) is 0 Å². The lowest BCUT2D eigenvalue weighted by atomic mass is 9.89. The van der Waals surface area contributed by atoms with Crippen LogP contribution in [0.4, 0.5) is 4.79 Å². The Bertz CT molecular complexity index is 847. The van der Waals surface area contributed by atoms with Crippen molar-refractivity contribution in [3.05, 3.63) is 34.9 Å². The second-order valence-corrected chi connectivity index (χ2v) is 9.91. The van der Waals surface area contributed by atoms with Gasteiger partial charge in [-0.3, -0.25) is 9.59 Å². The molecule has 2 saturated heterocycles. The first kappa shape index (κ1) is 21.9. The van der Waals surface area contributed by atoms with Gasteiger partial charge in [0.05, 0.1) is 0 Å². The van der Waals surface area contributed by atoms with Gasteiger partial charge >= 0.3 is 6.09 Å². The van der Waals surface area contributed by atoms with E-state index in [1.54, 1.807) is 0 Å². The normalized spacial score (nSPS) is 25.4. The van der Waals surface area contributed by atoms with E-state index in [2.05, 4.69) is 5.32 Å². The van der Waals surface area contributed by atoms with Gasteiger partial charge in [0.25, 0.3) is 0 Å². The van der Waals surface area contributed by atoms with Crippen molar-refractivity contribution in [3.8, 4) is 0 Å². The Morgan fingerprint density at radius 2 is 1.74 bits per heavy atom. The van der Waals surface area contributed by atoms with Gasteiger partial charge in [-0.15, -0.1) is 0 Å². The lowest BCUT2D eigenvalue weighted by Gasteiger charge is -2.34. The highest BCUT2D eigenvalue weighted by molar-refractivity contribution is 6.30. The van der Waals surface area contributed by atoms with Crippen LogP contribution in [-0.4, -0.2) is 65.5 Å². The summed E-state index contributed by atoms with van der Waals surface area (Å²) in [6.07, 6.45) is 2.27. The van der Waals surface area contributed by atoms with Gasteiger partial charge in [-0.25, -0.2) is 4.79 Å². The van der Waals surface area contributed by atoms with E-state index in [0.717, 1.165) is 18.4 Å². The first-order chi connectivity index (χ1) is 14.8. The van der Waals surface area contributed by atoms with Crippen molar-refractivity contribution in [1.82, 2.24) is 15.1 Å². The molecule has 3 fully saturated rings. The number of carboxylic acid groups (broad SMARTS) is 1. The highest BCUT2D eigenvalue weighted by Gasteiger charge is 2.48. The Kier molecular flexibility index (Phi) is 6.15. The summed E-state index contributed by atoms with van der Waals surface area (Å²) in [6, 6.07) is 7.57. The molecule has 3 amide bonds. The van der Waals surface area contributed by atoms with Crippen LogP contribution in [0.1, 0.15) is 44.1 Å². The largest absolute Gasteiger partial charge is 0.465 e. The first-order valence-electron chi connectivity index (χ1n) is 11.1. The van der Waals surface area contributed by atoms with Gasteiger partial charge < -0.3 is 20.2 Å². The van der Waals surface area contributed by atoms with Crippen molar-refractivity contribution >= 4 is 29.5 Å². The van der Waals surface area contributed by atoms with E-state index in [4.69, 9.17) is 16.7 Å². The predicted octanol–water partition coefficient (Wildman–Crippen LogP) is 3.19. The zero-order valence-corrected chi connectivity index (χ0v) is 18.6. The average molecular weight is 448 g/mol. The Morgan fingerprint density at radius 1 is 1.10 bits per heavy atom. The topological polar surface area (TPSA) is 90.0 Å². The maximum Gasteiger partial charge on any atom is 0.404 e. The number of nitrogens with zero attached hydrogens (tertiary/aromatic N) is 2. The Balaban J connectivity index is 1.39. The molecule has 2 atom stereocenters. The second kappa shape index (κ2) is 8.69. The average Bonchev–Trinajstić information content (AvgIpc) is 3.37. The van der Waals surface area contributed by atoms with Crippen LogP contribution < -0.4 is 5.32 Å². The van der Waals surface area contributed by atoms with Crippen LogP contribution in [0.15, 0.2) is 24.3 Å². The van der Waals surface area contributed by atoms with Crippen LogP contribution in [0.5, 0.6) is 0 Å². The number of benzene rings is 1. The number of rotatable bonds is 5. The Labute approximate surface area is 187 Å². The quantitative estimate of drug-likeness (QED) is 0.725. The maximum atomic E-state index is 13.3. The third-order valence-corrected chi connectivity index (χ3v) is 7.47. The fourth-order valence-corrected chi connectivity index (χ4v) is 5.06. The van der Waals surface area contributed by atoms with E-state index in [9.17, 15) is 14.4 Å². The number of carbonyl (C=O) groups excluding carboxylic acids is 2. The maximum absolute atomic E-state index is 13.3. The molecular weight excluding hydrogens is 418 g/mol. The molecule has 0 aromatic heterocycles. The fraction of sp³-hybridized carbons (Fsp3) is 0.609. The minimum atomic E-state index is -1.05. The summed E-state index contributed by atoms with van der Waals surface area (Å²) < 4.78 is 0. The van der Waals surface area contributed by atoms with Crippen LogP contribution in [0.2, 0.25) is 5.02 Å². The summed E-state index contributed by atoms with van der Waals surface area (Å²) in [5.74, 6) is 0.360. The molecule has 168 valence electrons. The van der Waals surface area contributed by atoms with Crippen molar-refractivity contribution in [2.45, 2.75) is 38.5 Å². The van der Waals surface area contributed by atoms with Gasteiger partial charge in [0.15, 0.2) is 0 Å². The monoisotopic (exact) mass is 447 g/mol. The number of carbonyl (C=O) groups is 3. The van der Waals surface area contributed by atoms with Crippen molar-refractivity contribution in [1.29, 1.82) is 0 Å². The van der Waals surface area contributed by atoms with Crippen molar-refractivity contribution < 1.29 is 19.5 Å². The molecule has 0 unspecified atom stereocenters. The van der Waals surface area contributed by atoms with Gasteiger partial charge in [-0.05, 0) is 43.4 Å². The minimum Gasteiger partial charge on any atom is -0.465 e. The molecule has 0 spiro atoms. The third-order valence-electron chi connectivity index (χ3n) is 7.21. The summed E-state index contributed by atoms with van der Waals surface area (Å²) in [6.45, 7) is 4.72. The molecule has 3 aliphatic rings.